The molecule has 0 radical (unpaired) electrons. The SMILES string of the molecule is CCOC(C)c1nc(COc2ccc([N+](=O)[O-])cc2C=O)cs1. The van der Waals surface area contributed by atoms with Crippen molar-refractivity contribution < 1.29 is 19.2 Å². The van der Waals surface area contributed by atoms with Gasteiger partial charge in [0.15, 0.2) is 6.29 Å². The standard InChI is InChI=1S/C15H16N2O5S/c1-3-21-10(2)15-16-12(9-23-15)8-22-14-5-4-13(17(19)20)6-11(14)7-18/h4-7,9-10H,3,8H2,1-2H3. The molecule has 1 aromatic heterocycles. The number of non-ortho nitro benzene ring substituents is 1. The Labute approximate surface area is 137 Å². The van der Waals surface area contributed by atoms with Gasteiger partial charge in [0.05, 0.1) is 16.2 Å². The molecule has 0 aliphatic carbocycles. The first-order chi connectivity index (χ1) is 11.0. The lowest BCUT2D eigenvalue weighted by molar-refractivity contribution is -0.384. The number of carbonyl (C=O) groups excluding carboxylic acids is 1. The fourth-order valence-electron chi connectivity index (χ4n) is 1.92. The molecule has 0 saturated carbocycles. The number of nitrogens with zero attached hydrogens (tertiary/aromatic N) is 2. The van der Waals surface area contributed by atoms with Gasteiger partial charge in [-0.25, -0.2) is 4.98 Å². The topological polar surface area (TPSA) is 91.6 Å². The molecule has 1 heterocycles. The number of aldehydes is 1. The van der Waals surface area contributed by atoms with Gasteiger partial charge in [-0.2, -0.15) is 0 Å². The Morgan fingerprint density at radius 3 is 2.91 bits per heavy atom. The van der Waals surface area contributed by atoms with Crippen LogP contribution < -0.4 is 4.74 Å². The third kappa shape index (κ3) is 4.33. The van der Waals surface area contributed by atoms with E-state index in [-0.39, 0.29) is 29.7 Å². The van der Waals surface area contributed by atoms with Gasteiger partial charge < -0.3 is 9.47 Å². The lowest BCUT2D eigenvalue weighted by Crippen LogP contribution is -2.02. The summed E-state index contributed by atoms with van der Waals surface area (Å²) < 4.78 is 11.0. The first-order valence-electron chi connectivity index (χ1n) is 6.97. The zero-order chi connectivity index (χ0) is 16.8. The van der Waals surface area contributed by atoms with Crippen LogP contribution in [0.15, 0.2) is 23.6 Å². The van der Waals surface area contributed by atoms with Crippen molar-refractivity contribution in [2.75, 3.05) is 6.61 Å². The van der Waals surface area contributed by atoms with Crippen LogP contribution in [0, 0.1) is 10.1 Å². The maximum atomic E-state index is 11.0. The largest absolute Gasteiger partial charge is 0.487 e. The van der Waals surface area contributed by atoms with Gasteiger partial charge in [-0.05, 0) is 19.9 Å². The fraction of sp³-hybridized carbons (Fsp3) is 0.333. The number of hydrogen-bond donors (Lipinski definition) is 0. The second-order valence-electron chi connectivity index (χ2n) is 4.66. The summed E-state index contributed by atoms with van der Waals surface area (Å²) in [4.78, 5) is 25.6. The van der Waals surface area contributed by atoms with E-state index in [1.54, 1.807) is 0 Å². The van der Waals surface area contributed by atoms with Gasteiger partial charge in [-0.1, -0.05) is 0 Å². The Morgan fingerprint density at radius 2 is 2.26 bits per heavy atom. The molecular formula is C15H16N2O5S. The van der Waals surface area contributed by atoms with E-state index in [4.69, 9.17) is 9.47 Å². The summed E-state index contributed by atoms with van der Waals surface area (Å²) in [7, 11) is 0. The van der Waals surface area contributed by atoms with Crippen LogP contribution in [0.5, 0.6) is 5.75 Å². The molecule has 0 saturated heterocycles. The number of ether oxygens (including phenoxy) is 2. The zero-order valence-corrected chi connectivity index (χ0v) is 13.5. The smallest absolute Gasteiger partial charge is 0.270 e. The number of hydrogen-bond acceptors (Lipinski definition) is 7. The average Bonchev–Trinajstić information content (AvgIpc) is 3.02. The summed E-state index contributed by atoms with van der Waals surface area (Å²) in [5.74, 6) is 0.290. The molecule has 1 unspecified atom stereocenters. The molecule has 0 fully saturated rings. The minimum absolute atomic E-state index is 0.0799. The zero-order valence-electron chi connectivity index (χ0n) is 12.7. The van der Waals surface area contributed by atoms with Crippen LogP contribution >= 0.6 is 11.3 Å². The second kappa shape index (κ2) is 7.80. The van der Waals surface area contributed by atoms with Gasteiger partial charge in [0.2, 0.25) is 0 Å². The fourth-order valence-corrected chi connectivity index (χ4v) is 2.73. The highest BCUT2D eigenvalue weighted by molar-refractivity contribution is 7.09. The van der Waals surface area contributed by atoms with Gasteiger partial charge in [0, 0.05) is 24.1 Å². The minimum Gasteiger partial charge on any atom is -0.487 e. The van der Waals surface area contributed by atoms with Crippen LogP contribution in [0.3, 0.4) is 0 Å². The maximum Gasteiger partial charge on any atom is 0.270 e. The Kier molecular flexibility index (Phi) is 5.78. The van der Waals surface area contributed by atoms with Crippen molar-refractivity contribution in [2.45, 2.75) is 26.6 Å². The first kappa shape index (κ1) is 17.0. The molecule has 0 aliphatic rings. The van der Waals surface area contributed by atoms with E-state index in [2.05, 4.69) is 4.98 Å². The number of thiazole rings is 1. The molecule has 2 rings (SSSR count). The molecule has 8 heteroatoms. The third-order valence-electron chi connectivity index (χ3n) is 3.04. The molecule has 122 valence electrons. The van der Waals surface area contributed by atoms with E-state index in [1.807, 2.05) is 19.2 Å². The van der Waals surface area contributed by atoms with Gasteiger partial charge in [-0.3, -0.25) is 14.9 Å². The number of benzene rings is 1. The van der Waals surface area contributed by atoms with E-state index < -0.39 is 4.92 Å². The van der Waals surface area contributed by atoms with E-state index >= 15 is 0 Å². The average molecular weight is 336 g/mol. The van der Waals surface area contributed by atoms with Crippen LogP contribution in [0.4, 0.5) is 5.69 Å². The van der Waals surface area contributed by atoms with Gasteiger partial charge >= 0.3 is 0 Å². The number of nitro benzene ring substituents is 1. The lowest BCUT2D eigenvalue weighted by Gasteiger charge is -2.08. The molecular weight excluding hydrogens is 320 g/mol. The summed E-state index contributed by atoms with van der Waals surface area (Å²) in [6, 6.07) is 3.90. The molecule has 1 atom stereocenters. The van der Waals surface area contributed by atoms with Crippen molar-refractivity contribution in [3.8, 4) is 5.75 Å². The number of rotatable bonds is 8. The predicted molar refractivity (Wildman–Crippen MR) is 85.0 cm³/mol. The molecule has 0 aliphatic heterocycles. The Balaban J connectivity index is 2.06. The monoisotopic (exact) mass is 336 g/mol. The van der Waals surface area contributed by atoms with Crippen molar-refractivity contribution in [3.05, 3.63) is 50.0 Å². The van der Waals surface area contributed by atoms with Crippen molar-refractivity contribution in [3.63, 3.8) is 0 Å². The highest BCUT2D eigenvalue weighted by Gasteiger charge is 2.13. The van der Waals surface area contributed by atoms with Crippen molar-refractivity contribution in [1.82, 2.24) is 4.98 Å². The minimum atomic E-state index is -0.557. The van der Waals surface area contributed by atoms with E-state index in [0.717, 1.165) is 5.01 Å². The molecule has 0 bridgehead atoms. The summed E-state index contributed by atoms with van der Waals surface area (Å²) in [5.41, 5.74) is 0.699. The van der Waals surface area contributed by atoms with Crippen LogP contribution in [0.25, 0.3) is 0 Å². The van der Waals surface area contributed by atoms with Gasteiger partial charge in [0.25, 0.3) is 5.69 Å². The van der Waals surface area contributed by atoms with E-state index in [9.17, 15) is 14.9 Å². The molecule has 0 spiro atoms. The molecule has 23 heavy (non-hydrogen) atoms. The molecule has 1 aromatic carbocycles. The van der Waals surface area contributed by atoms with Gasteiger partial charge in [0.1, 0.15) is 23.5 Å². The van der Waals surface area contributed by atoms with Crippen LogP contribution in [-0.4, -0.2) is 22.8 Å². The molecule has 0 amide bonds. The third-order valence-corrected chi connectivity index (χ3v) is 4.10. The summed E-state index contributed by atoms with van der Waals surface area (Å²) in [6.07, 6.45) is 0.454. The van der Waals surface area contributed by atoms with Crippen molar-refractivity contribution in [2.24, 2.45) is 0 Å². The normalized spacial score (nSPS) is 11.9. The quantitative estimate of drug-likeness (QED) is 0.416. The number of carbonyl (C=O) groups is 1. The molecule has 2 aromatic rings. The number of aromatic nitrogens is 1. The van der Waals surface area contributed by atoms with Crippen molar-refractivity contribution in [1.29, 1.82) is 0 Å². The van der Waals surface area contributed by atoms with Crippen molar-refractivity contribution >= 4 is 23.3 Å². The van der Waals surface area contributed by atoms with Crippen LogP contribution in [-0.2, 0) is 11.3 Å². The molecule has 0 N–H and O–H groups in total. The highest BCUT2D eigenvalue weighted by Crippen LogP contribution is 2.25. The first-order valence-corrected chi connectivity index (χ1v) is 7.85. The number of nitro groups is 1. The summed E-state index contributed by atoms with van der Waals surface area (Å²) in [6.45, 7) is 4.63. The maximum absolute atomic E-state index is 11.0. The highest BCUT2D eigenvalue weighted by atomic mass is 32.1. The van der Waals surface area contributed by atoms with E-state index in [1.165, 1.54) is 29.5 Å². The summed E-state index contributed by atoms with van der Waals surface area (Å²) >= 11 is 1.47. The predicted octanol–water partition coefficient (Wildman–Crippen LogP) is 3.54. The summed E-state index contributed by atoms with van der Waals surface area (Å²) in [5, 5.41) is 13.4. The van der Waals surface area contributed by atoms with Crippen LogP contribution in [0.1, 0.15) is 41.0 Å². The Morgan fingerprint density at radius 1 is 1.48 bits per heavy atom. The lowest BCUT2D eigenvalue weighted by atomic mass is 10.2. The second-order valence-corrected chi connectivity index (χ2v) is 5.55. The van der Waals surface area contributed by atoms with E-state index in [0.29, 0.717) is 18.6 Å². The Hall–Kier alpha value is -2.32. The molecule has 7 nitrogen and oxygen atoms in total. The van der Waals surface area contributed by atoms with Gasteiger partial charge in [-0.15, -0.1) is 11.3 Å². The Bertz CT molecular complexity index is 701. The van der Waals surface area contributed by atoms with Crippen LogP contribution in [0.2, 0.25) is 0 Å².